The van der Waals surface area contributed by atoms with Crippen LogP contribution in [0.3, 0.4) is 0 Å². The number of halogens is 2. The summed E-state index contributed by atoms with van der Waals surface area (Å²) in [7, 11) is 0. The van der Waals surface area contributed by atoms with E-state index in [9.17, 15) is 5.11 Å². The van der Waals surface area contributed by atoms with Crippen LogP contribution in [0.4, 0.5) is 5.69 Å². The van der Waals surface area contributed by atoms with Gasteiger partial charge in [-0.15, -0.1) is 0 Å². The predicted octanol–water partition coefficient (Wildman–Crippen LogP) is 4.93. The van der Waals surface area contributed by atoms with Crippen molar-refractivity contribution in [1.82, 2.24) is 4.98 Å². The molecule has 27 heavy (non-hydrogen) atoms. The van der Waals surface area contributed by atoms with Gasteiger partial charge in [-0.3, -0.25) is 4.52 Å². The average Bonchev–Trinajstić information content (AvgIpc) is 3.13. The summed E-state index contributed by atoms with van der Waals surface area (Å²) in [5.41, 5.74) is 3.05. The highest BCUT2D eigenvalue weighted by atomic mass is 79.9. The second-order valence-corrected chi connectivity index (χ2v) is 7.62. The van der Waals surface area contributed by atoms with Crippen molar-refractivity contribution < 1.29 is 14.4 Å². The molecule has 138 valence electrons. The number of aromatic nitrogens is 2. The molecular weight excluding hydrogens is 430 g/mol. The lowest BCUT2D eigenvalue weighted by molar-refractivity contribution is -0.786. The number of aliphatic hydroxyl groups is 1. The smallest absolute Gasteiger partial charge is 0.359 e. The van der Waals surface area contributed by atoms with Gasteiger partial charge in [-0.25, -0.2) is 4.85 Å². The van der Waals surface area contributed by atoms with E-state index in [2.05, 4.69) is 25.8 Å². The fourth-order valence-electron chi connectivity index (χ4n) is 2.85. The molecule has 1 N–H and O–H groups in total. The lowest BCUT2D eigenvalue weighted by Crippen LogP contribution is -2.27. The minimum absolute atomic E-state index is 0.338. The largest absolute Gasteiger partial charge is 0.392 e. The van der Waals surface area contributed by atoms with Crippen LogP contribution >= 0.6 is 27.5 Å². The van der Waals surface area contributed by atoms with E-state index in [1.165, 1.54) is 0 Å². The molecule has 1 heterocycles. The molecule has 0 fully saturated rings. The molecular formula is C20H18BrClN3O2+. The van der Waals surface area contributed by atoms with Crippen LogP contribution in [0.2, 0.25) is 5.02 Å². The van der Waals surface area contributed by atoms with E-state index in [4.69, 9.17) is 22.7 Å². The third-order valence-corrected chi connectivity index (χ3v) is 5.51. The summed E-state index contributed by atoms with van der Waals surface area (Å²) in [6, 6.07) is 11.2. The Morgan fingerprint density at radius 1 is 1.30 bits per heavy atom. The first-order valence-corrected chi connectivity index (χ1v) is 9.55. The Labute approximate surface area is 171 Å². The molecule has 0 aliphatic carbocycles. The quantitative estimate of drug-likeness (QED) is 0.445. The molecule has 0 saturated heterocycles. The van der Waals surface area contributed by atoms with E-state index >= 15 is 0 Å². The highest BCUT2D eigenvalue weighted by Crippen LogP contribution is 2.33. The molecule has 0 spiro atoms. The molecule has 0 aliphatic rings. The van der Waals surface area contributed by atoms with Crippen molar-refractivity contribution in [3.8, 4) is 5.69 Å². The molecule has 3 rings (SSSR count). The third kappa shape index (κ3) is 4.22. The van der Waals surface area contributed by atoms with Gasteiger partial charge in [-0.2, -0.15) is 0 Å². The maximum Gasteiger partial charge on any atom is 0.359 e. The van der Waals surface area contributed by atoms with Crippen LogP contribution in [0.1, 0.15) is 29.9 Å². The van der Waals surface area contributed by atoms with Crippen LogP contribution in [0.5, 0.6) is 0 Å². The summed E-state index contributed by atoms with van der Waals surface area (Å²) >= 11 is 9.69. The lowest BCUT2D eigenvalue weighted by Gasteiger charge is -2.16. The van der Waals surface area contributed by atoms with Crippen LogP contribution in [-0.4, -0.2) is 16.2 Å². The molecule has 0 saturated carbocycles. The first-order valence-electron chi connectivity index (χ1n) is 8.38. The van der Waals surface area contributed by atoms with Gasteiger partial charge in [0.15, 0.2) is 5.69 Å². The number of rotatable bonds is 5. The van der Waals surface area contributed by atoms with Crippen molar-refractivity contribution in [3.05, 3.63) is 80.7 Å². The van der Waals surface area contributed by atoms with E-state index in [-0.39, 0.29) is 5.92 Å². The SMILES string of the molecule is [C-]#[N+]c1ccc(C[C@@H](c2nc[n+](-c3ccc(Br)cc3)o2)[C@H](C)O)c(C)c1Cl. The zero-order valence-corrected chi connectivity index (χ0v) is 17.2. The maximum atomic E-state index is 10.3. The summed E-state index contributed by atoms with van der Waals surface area (Å²) in [5.74, 6) is 0.105. The molecule has 0 amide bonds. The van der Waals surface area contributed by atoms with Crippen molar-refractivity contribution in [2.75, 3.05) is 0 Å². The van der Waals surface area contributed by atoms with Crippen LogP contribution in [0.15, 0.2) is 51.7 Å². The summed E-state index contributed by atoms with van der Waals surface area (Å²) in [5, 5.41) is 10.8. The third-order valence-electron chi connectivity index (χ3n) is 4.50. The molecule has 0 unspecified atom stereocenters. The van der Waals surface area contributed by atoms with Gasteiger partial charge in [0.1, 0.15) is 0 Å². The molecule has 1 aromatic heterocycles. The highest BCUT2D eigenvalue weighted by Gasteiger charge is 2.30. The second kappa shape index (κ2) is 8.22. The van der Waals surface area contributed by atoms with Crippen molar-refractivity contribution in [3.63, 3.8) is 0 Å². The Kier molecular flexibility index (Phi) is 5.95. The Hall–Kier alpha value is -2.20. The van der Waals surface area contributed by atoms with E-state index in [0.717, 1.165) is 21.3 Å². The van der Waals surface area contributed by atoms with Gasteiger partial charge in [-0.05, 0) is 65.4 Å². The van der Waals surface area contributed by atoms with Crippen molar-refractivity contribution in [1.29, 1.82) is 0 Å². The predicted molar refractivity (Wildman–Crippen MR) is 106 cm³/mol. The molecule has 0 aliphatic heterocycles. The Morgan fingerprint density at radius 2 is 2.00 bits per heavy atom. The lowest BCUT2D eigenvalue weighted by atomic mass is 9.92. The number of nitrogens with zero attached hydrogens (tertiary/aromatic N) is 3. The average molecular weight is 448 g/mol. The summed E-state index contributed by atoms with van der Waals surface area (Å²) in [6.45, 7) is 10.8. The van der Waals surface area contributed by atoms with Crippen LogP contribution < -0.4 is 4.74 Å². The fourth-order valence-corrected chi connectivity index (χ4v) is 3.34. The van der Waals surface area contributed by atoms with Gasteiger partial charge >= 0.3 is 12.2 Å². The minimum atomic E-state index is -0.666. The van der Waals surface area contributed by atoms with E-state index in [1.807, 2.05) is 37.3 Å². The molecule has 3 aromatic rings. The highest BCUT2D eigenvalue weighted by molar-refractivity contribution is 9.10. The van der Waals surface area contributed by atoms with Gasteiger partial charge in [0.2, 0.25) is 5.69 Å². The number of aliphatic hydroxyl groups excluding tert-OH is 1. The first-order chi connectivity index (χ1) is 12.9. The molecule has 2 aromatic carbocycles. The molecule has 7 heteroatoms. The second-order valence-electron chi connectivity index (χ2n) is 6.32. The van der Waals surface area contributed by atoms with Crippen molar-refractivity contribution in [2.24, 2.45) is 0 Å². The van der Waals surface area contributed by atoms with E-state index < -0.39 is 6.10 Å². The topological polar surface area (TPSA) is 54.5 Å². The summed E-state index contributed by atoms with van der Waals surface area (Å²) in [6.07, 6.45) is 1.43. The molecule has 0 radical (unpaired) electrons. The van der Waals surface area contributed by atoms with E-state index in [0.29, 0.717) is 23.0 Å². The van der Waals surface area contributed by atoms with Crippen LogP contribution in [0.25, 0.3) is 10.5 Å². The minimum Gasteiger partial charge on any atom is -0.392 e. The number of hydrogen-bond donors (Lipinski definition) is 1. The van der Waals surface area contributed by atoms with Crippen LogP contribution in [0, 0.1) is 13.5 Å². The zero-order valence-electron chi connectivity index (χ0n) is 14.9. The Bertz CT molecular complexity index is 993. The maximum absolute atomic E-state index is 10.3. The number of benzene rings is 2. The molecule has 0 bridgehead atoms. The van der Waals surface area contributed by atoms with Gasteiger partial charge < -0.3 is 5.11 Å². The zero-order chi connectivity index (χ0) is 19.6. The standard InChI is InChI=1S/C20H18BrClN3O2/c1-12-14(4-9-18(23-3)19(12)22)10-17(13(2)26)20-24-11-25(27-20)16-7-5-15(21)6-8-16/h4-9,11,13,17,26H,10H2,1-2H3/q+1/t13-,17+/m0/s1. The van der Waals surface area contributed by atoms with Gasteiger partial charge in [0.25, 0.3) is 0 Å². The van der Waals surface area contributed by atoms with Gasteiger partial charge in [-0.1, -0.05) is 39.7 Å². The fraction of sp³-hybridized carbons (Fsp3) is 0.250. The van der Waals surface area contributed by atoms with Crippen molar-refractivity contribution >= 4 is 33.2 Å². The summed E-state index contributed by atoms with van der Waals surface area (Å²) in [4.78, 5) is 7.78. The van der Waals surface area contributed by atoms with Gasteiger partial charge in [0, 0.05) is 4.47 Å². The molecule has 5 nitrogen and oxygen atoms in total. The normalized spacial score (nSPS) is 13.2. The summed E-state index contributed by atoms with van der Waals surface area (Å²) < 4.78 is 8.41. The Balaban J connectivity index is 1.90. The van der Waals surface area contributed by atoms with E-state index in [1.54, 1.807) is 24.1 Å². The first kappa shape index (κ1) is 19.6. The van der Waals surface area contributed by atoms with Crippen molar-refractivity contribution in [2.45, 2.75) is 32.3 Å². The van der Waals surface area contributed by atoms with Gasteiger partial charge in [0.05, 0.1) is 23.6 Å². The molecule has 2 atom stereocenters. The Morgan fingerprint density at radius 3 is 2.63 bits per heavy atom. The monoisotopic (exact) mass is 446 g/mol. The number of hydrogen-bond acceptors (Lipinski definition) is 3. The van der Waals surface area contributed by atoms with Crippen LogP contribution in [-0.2, 0) is 6.42 Å².